The van der Waals surface area contributed by atoms with E-state index in [9.17, 15) is 0 Å². The Labute approximate surface area is 118 Å². The standard InChI is InChI=1S/C14H17ClN4/c1-2-3-9-16-13-8-10-17-14(19-13)18-12-7-5-4-6-11(12)15/h4-8,10H,2-3,9H2,1H3,(H2,16,17,18,19). The molecule has 0 unspecified atom stereocenters. The molecule has 0 fully saturated rings. The minimum Gasteiger partial charge on any atom is -0.370 e. The summed E-state index contributed by atoms with van der Waals surface area (Å²) in [5.41, 5.74) is 0.801. The summed E-state index contributed by atoms with van der Waals surface area (Å²) in [6, 6.07) is 9.37. The first kappa shape index (κ1) is 13.6. The number of anilines is 3. The second kappa shape index (κ2) is 6.95. The van der Waals surface area contributed by atoms with Gasteiger partial charge in [-0.25, -0.2) is 4.98 Å². The summed E-state index contributed by atoms with van der Waals surface area (Å²) in [5, 5.41) is 7.02. The van der Waals surface area contributed by atoms with Crippen LogP contribution >= 0.6 is 11.6 Å². The molecular formula is C14H17ClN4. The van der Waals surface area contributed by atoms with Crippen LogP contribution in [0.4, 0.5) is 17.5 Å². The van der Waals surface area contributed by atoms with E-state index in [0.29, 0.717) is 11.0 Å². The van der Waals surface area contributed by atoms with Crippen molar-refractivity contribution in [1.29, 1.82) is 0 Å². The number of hydrogen-bond donors (Lipinski definition) is 2. The van der Waals surface area contributed by atoms with Gasteiger partial charge in [-0.05, 0) is 24.6 Å². The number of para-hydroxylation sites is 1. The van der Waals surface area contributed by atoms with Gasteiger partial charge < -0.3 is 10.6 Å². The second-order valence-electron chi connectivity index (χ2n) is 4.15. The van der Waals surface area contributed by atoms with E-state index in [2.05, 4.69) is 27.5 Å². The van der Waals surface area contributed by atoms with E-state index in [-0.39, 0.29) is 0 Å². The van der Waals surface area contributed by atoms with Crippen molar-refractivity contribution in [1.82, 2.24) is 9.97 Å². The van der Waals surface area contributed by atoms with Gasteiger partial charge >= 0.3 is 0 Å². The van der Waals surface area contributed by atoms with E-state index >= 15 is 0 Å². The zero-order chi connectivity index (χ0) is 13.5. The molecule has 1 aromatic carbocycles. The number of hydrogen-bond acceptors (Lipinski definition) is 4. The van der Waals surface area contributed by atoms with Gasteiger partial charge in [-0.3, -0.25) is 0 Å². The minimum atomic E-state index is 0.537. The Balaban J connectivity index is 2.05. The SMILES string of the molecule is CCCCNc1ccnc(Nc2ccccc2Cl)n1. The average molecular weight is 277 g/mol. The maximum atomic E-state index is 6.08. The van der Waals surface area contributed by atoms with Crippen LogP contribution in [0, 0.1) is 0 Å². The molecule has 2 rings (SSSR count). The fraction of sp³-hybridized carbons (Fsp3) is 0.286. The Morgan fingerprint density at radius 1 is 1.21 bits per heavy atom. The van der Waals surface area contributed by atoms with Gasteiger partial charge in [-0.15, -0.1) is 0 Å². The zero-order valence-corrected chi connectivity index (χ0v) is 11.6. The number of halogens is 1. The maximum Gasteiger partial charge on any atom is 0.229 e. The van der Waals surface area contributed by atoms with Crippen LogP contribution in [-0.4, -0.2) is 16.5 Å². The van der Waals surface area contributed by atoms with Gasteiger partial charge in [0.05, 0.1) is 10.7 Å². The Morgan fingerprint density at radius 2 is 2.05 bits per heavy atom. The third-order valence-corrected chi connectivity index (χ3v) is 2.94. The third kappa shape index (κ3) is 4.10. The predicted molar refractivity (Wildman–Crippen MR) is 80.2 cm³/mol. The largest absolute Gasteiger partial charge is 0.370 e. The van der Waals surface area contributed by atoms with E-state index in [1.54, 1.807) is 6.20 Å². The van der Waals surface area contributed by atoms with Crippen LogP contribution in [0.2, 0.25) is 5.02 Å². The Bertz CT molecular complexity index is 530. The highest BCUT2D eigenvalue weighted by Gasteiger charge is 2.02. The molecule has 1 aromatic heterocycles. The predicted octanol–water partition coefficient (Wildman–Crippen LogP) is 4.09. The highest BCUT2D eigenvalue weighted by Crippen LogP contribution is 2.23. The number of nitrogens with one attached hydrogen (secondary N) is 2. The Morgan fingerprint density at radius 3 is 2.84 bits per heavy atom. The normalized spacial score (nSPS) is 10.2. The molecule has 0 aliphatic rings. The first-order chi connectivity index (χ1) is 9.29. The van der Waals surface area contributed by atoms with E-state index in [4.69, 9.17) is 11.6 Å². The monoisotopic (exact) mass is 276 g/mol. The number of nitrogens with zero attached hydrogens (tertiary/aromatic N) is 2. The number of benzene rings is 1. The van der Waals surface area contributed by atoms with Gasteiger partial charge in [0, 0.05) is 12.7 Å². The summed E-state index contributed by atoms with van der Waals surface area (Å²) in [4.78, 5) is 8.57. The van der Waals surface area contributed by atoms with Crippen molar-refractivity contribution in [2.45, 2.75) is 19.8 Å². The second-order valence-corrected chi connectivity index (χ2v) is 4.56. The molecule has 5 heteroatoms. The molecule has 0 atom stereocenters. The van der Waals surface area contributed by atoms with Gasteiger partial charge in [-0.2, -0.15) is 4.98 Å². The average Bonchev–Trinajstić information content (AvgIpc) is 2.42. The quantitative estimate of drug-likeness (QED) is 0.781. The Kier molecular flexibility index (Phi) is 4.98. The molecule has 19 heavy (non-hydrogen) atoms. The highest BCUT2D eigenvalue weighted by molar-refractivity contribution is 6.33. The lowest BCUT2D eigenvalue weighted by atomic mass is 10.3. The molecule has 100 valence electrons. The van der Waals surface area contributed by atoms with Crippen molar-refractivity contribution < 1.29 is 0 Å². The smallest absolute Gasteiger partial charge is 0.229 e. The fourth-order valence-corrected chi connectivity index (χ4v) is 1.78. The lowest BCUT2D eigenvalue weighted by Crippen LogP contribution is -2.05. The molecule has 0 saturated carbocycles. The molecule has 0 radical (unpaired) electrons. The molecule has 0 amide bonds. The summed E-state index contributed by atoms with van der Waals surface area (Å²) in [7, 11) is 0. The first-order valence-corrected chi connectivity index (χ1v) is 6.76. The Hall–Kier alpha value is -1.81. The van der Waals surface area contributed by atoms with Crippen molar-refractivity contribution in [2.24, 2.45) is 0 Å². The lowest BCUT2D eigenvalue weighted by Gasteiger charge is -2.08. The summed E-state index contributed by atoms with van der Waals surface area (Å²) in [6.07, 6.45) is 4.00. The van der Waals surface area contributed by atoms with E-state index in [0.717, 1.165) is 30.9 Å². The van der Waals surface area contributed by atoms with Crippen LogP contribution in [-0.2, 0) is 0 Å². The minimum absolute atomic E-state index is 0.537. The van der Waals surface area contributed by atoms with Crippen LogP contribution < -0.4 is 10.6 Å². The van der Waals surface area contributed by atoms with Crippen molar-refractivity contribution in [2.75, 3.05) is 17.2 Å². The van der Waals surface area contributed by atoms with Crippen LogP contribution in [0.15, 0.2) is 36.5 Å². The topological polar surface area (TPSA) is 49.8 Å². The van der Waals surface area contributed by atoms with E-state index in [1.807, 2.05) is 30.3 Å². The summed E-state index contributed by atoms with van der Waals surface area (Å²) in [6.45, 7) is 3.07. The highest BCUT2D eigenvalue weighted by atomic mass is 35.5. The van der Waals surface area contributed by atoms with Gasteiger partial charge in [0.25, 0.3) is 0 Å². The number of unbranched alkanes of at least 4 members (excludes halogenated alkanes) is 1. The van der Waals surface area contributed by atoms with Crippen LogP contribution in [0.5, 0.6) is 0 Å². The molecule has 0 aliphatic heterocycles. The van der Waals surface area contributed by atoms with Crippen LogP contribution in [0.1, 0.15) is 19.8 Å². The third-order valence-electron chi connectivity index (χ3n) is 2.61. The fourth-order valence-electron chi connectivity index (χ4n) is 1.59. The van der Waals surface area contributed by atoms with Crippen molar-refractivity contribution in [3.8, 4) is 0 Å². The van der Waals surface area contributed by atoms with Crippen LogP contribution in [0.25, 0.3) is 0 Å². The van der Waals surface area contributed by atoms with Crippen molar-refractivity contribution in [3.05, 3.63) is 41.6 Å². The van der Waals surface area contributed by atoms with Gasteiger partial charge in [-0.1, -0.05) is 37.1 Å². The lowest BCUT2D eigenvalue weighted by molar-refractivity contribution is 0.830. The van der Waals surface area contributed by atoms with Gasteiger partial charge in [0.15, 0.2) is 0 Å². The summed E-state index contributed by atoms with van der Waals surface area (Å²) in [5.74, 6) is 1.35. The molecule has 0 bridgehead atoms. The molecular weight excluding hydrogens is 260 g/mol. The molecule has 2 N–H and O–H groups in total. The van der Waals surface area contributed by atoms with Crippen molar-refractivity contribution >= 4 is 29.1 Å². The summed E-state index contributed by atoms with van der Waals surface area (Å²) >= 11 is 6.08. The molecule has 4 nitrogen and oxygen atoms in total. The van der Waals surface area contributed by atoms with Crippen LogP contribution in [0.3, 0.4) is 0 Å². The number of rotatable bonds is 6. The molecule has 1 heterocycles. The van der Waals surface area contributed by atoms with Gasteiger partial charge in [0.2, 0.25) is 5.95 Å². The molecule has 0 aliphatic carbocycles. The number of aromatic nitrogens is 2. The maximum absolute atomic E-state index is 6.08. The van der Waals surface area contributed by atoms with Crippen molar-refractivity contribution in [3.63, 3.8) is 0 Å². The van der Waals surface area contributed by atoms with E-state index < -0.39 is 0 Å². The molecule has 0 spiro atoms. The summed E-state index contributed by atoms with van der Waals surface area (Å²) < 4.78 is 0. The van der Waals surface area contributed by atoms with E-state index in [1.165, 1.54) is 0 Å². The molecule has 0 saturated heterocycles. The first-order valence-electron chi connectivity index (χ1n) is 6.38. The molecule has 2 aromatic rings. The van der Waals surface area contributed by atoms with Gasteiger partial charge in [0.1, 0.15) is 5.82 Å². The zero-order valence-electron chi connectivity index (χ0n) is 10.9.